The largest absolute Gasteiger partial charge is 0.572 e. The highest BCUT2D eigenvalue weighted by Crippen LogP contribution is 2.19. The van der Waals surface area contributed by atoms with Gasteiger partial charge in [-0.3, -0.25) is 4.55 Å². The van der Waals surface area contributed by atoms with Crippen molar-refractivity contribution in [2.45, 2.75) is 0 Å². The van der Waals surface area contributed by atoms with Gasteiger partial charge in [-0.25, -0.2) is 4.79 Å². The minimum absolute atomic E-state index is 0.859. The molecule has 0 aliphatic carbocycles. The third-order valence-electron chi connectivity index (χ3n) is 0.555. The van der Waals surface area contributed by atoms with Crippen LogP contribution in [0.4, 0.5) is 4.79 Å². The van der Waals surface area contributed by atoms with Crippen molar-refractivity contribution in [2.75, 3.05) is 0 Å². The van der Waals surface area contributed by atoms with E-state index in [0.29, 0.717) is 0 Å². The van der Waals surface area contributed by atoms with E-state index in [4.69, 9.17) is 4.55 Å². The maximum atomic E-state index is 10.0. The Morgan fingerprint density at radius 3 is 2.00 bits per heavy atom. The highest BCUT2D eigenvalue weighted by Gasteiger charge is 2.35. The second kappa shape index (κ2) is 3.09. The third-order valence-corrected chi connectivity index (χ3v) is 2.69. The fraction of sp³-hybridized carbons (Fsp3) is 0. The summed E-state index contributed by atoms with van der Waals surface area (Å²) in [6, 6.07) is -1.79. The molecule has 0 saturated heterocycles. The van der Waals surface area contributed by atoms with Crippen molar-refractivity contribution in [3.63, 3.8) is 0 Å². The van der Waals surface area contributed by atoms with Crippen LogP contribution in [-0.2, 0) is 14.9 Å². The van der Waals surface area contributed by atoms with E-state index in [2.05, 4.69) is 5.73 Å². The molecule has 8 nitrogen and oxygen atoms in total. The van der Waals surface area contributed by atoms with E-state index >= 15 is 0 Å². The van der Waals surface area contributed by atoms with E-state index in [9.17, 15) is 22.7 Å². The van der Waals surface area contributed by atoms with Crippen molar-refractivity contribution in [1.29, 1.82) is 0 Å². The van der Waals surface area contributed by atoms with Crippen LogP contribution >= 0.6 is 8.18 Å². The van der Waals surface area contributed by atoms with Crippen LogP contribution in [0.25, 0.3) is 0 Å². The Kier molecular flexibility index (Phi) is 2.88. The SMILES string of the molecule is NC(=O)N([P+](=O)[O-])S(=O)(=O)O. The fourth-order valence-electron chi connectivity index (χ4n) is 0.278. The van der Waals surface area contributed by atoms with E-state index in [0.717, 1.165) is 0 Å². The van der Waals surface area contributed by atoms with Gasteiger partial charge in [0.15, 0.2) is 0 Å². The molecule has 0 aliphatic heterocycles. The van der Waals surface area contributed by atoms with Crippen molar-refractivity contribution >= 4 is 24.5 Å². The van der Waals surface area contributed by atoms with Crippen LogP contribution in [0.5, 0.6) is 0 Å². The molecular formula is CH3N2O6PS. The number of urea groups is 1. The molecule has 1 unspecified atom stereocenters. The van der Waals surface area contributed by atoms with Crippen LogP contribution in [0, 0.1) is 0 Å². The maximum absolute atomic E-state index is 10.0. The molecule has 0 saturated carbocycles. The number of carbonyl (C=O) groups excluding carboxylic acids is 1. The highest BCUT2D eigenvalue weighted by molar-refractivity contribution is 7.88. The Balaban J connectivity index is 4.94. The second-order valence-corrected chi connectivity index (χ2v) is 3.70. The van der Waals surface area contributed by atoms with Crippen molar-refractivity contribution in [3.05, 3.63) is 0 Å². The molecule has 0 bridgehead atoms. The lowest BCUT2D eigenvalue weighted by Crippen LogP contribution is -2.36. The van der Waals surface area contributed by atoms with Gasteiger partial charge < -0.3 is 10.6 Å². The summed E-state index contributed by atoms with van der Waals surface area (Å²) in [7, 11) is -8.87. The molecule has 11 heavy (non-hydrogen) atoms. The molecule has 3 N–H and O–H groups in total. The van der Waals surface area contributed by atoms with Crippen molar-refractivity contribution in [1.82, 2.24) is 4.08 Å². The van der Waals surface area contributed by atoms with E-state index in [-0.39, 0.29) is 0 Å². The molecule has 0 rings (SSSR count). The topological polar surface area (TPSA) is 141 Å². The molecule has 0 aromatic rings. The summed E-state index contributed by atoms with van der Waals surface area (Å²) in [5.41, 5.74) is 4.29. The first-order valence-electron chi connectivity index (χ1n) is 1.98. The number of primary amides is 1. The van der Waals surface area contributed by atoms with Gasteiger partial charge in [0.25, 0.3) is 0 Å². The average molecular weight is 202 g/mol. The summed E-state index contributed by atoms with van der Waals surface area (Å²) in [4.78, 5) is 19.9. The van der Waals surface area contributed by atoms with E-state index in [1.807, 2.05) is 0 Å². The maximum Gasteiger partial charge on any atom is 0.461 e. The Hall–Kier alpha value is -0.760. The van der Waals surface area contributed by atoms with Gasteiger partial charge in [0.2, 0.25) is 0 Å². The van der Waals surface area contributed by atoms with Crippen LogP contribution in [0.1, 0.15) is 0 Å². The Morgan fingerprint density at radius 1 is 1.64 bits per heavy atom. The molecule has 0 aromatic heterocycles. The summed E-state index contributed by atoms with van der Waals surface area (Å²) >= 11 is 0. The molecule has 2 amide bonds. The Bertz CT molecular complexity index is 267. The lowest BCUT2D eigenvalue weighted by Gasteiger charge is -2.03. The number of hydrogen-bond donors (Lipinski definition) is 2. The third kappa shape index (κ3) is 2.76. The quantitative estimate of drug-likeness (QED) is 0.399. The Labute approximate surface area is 62.4 Å². The van der Waals surface area contributed by atoms with Crippen LogP contribution < -0.4 is 10.6 Å². The highest BCUT2D eigenvalue weighted by atomic mass is 32.2. The van der Waals surface area contributed by atoms with Crippen molar-refractivity contribution in [2.24, 2.45) is 5.73 Å². The number of amides is 2. The van der Waals surface area contributed by atoms with Crippen LogP contribution in [-0.4, -0.2) is 23.1 Å². The summed E-state index contributed by atoms with van der Waals surface area (Å²) in [6.07, 6.45) is 0. The predicted octanol–water partition coefficient (Wildman–Crippen LogP) is -1.81. The van der Waals surface area contributed by atoms with Crippen LogP contribution in [0.15, 0.2) is 0 Å². The molecule has 64 valence electrons. The molecule has 0 aromatic carbocycles. The van der Waals surface area contributed by atoms with Crippen molar-refractivity contribution < 1.29 is 27.2 Å². The molecule has 0 heterocycles. The molecule has 10 heteroatoms. The van der Waals surface area contributed by atoms with Gasteiger partial charge in [0.05, 0.1) is 0 Å². The van der Waals surface area contributed by atoms with Crippen molar-refractivity contribution in [3.8, 4) is 0 Å². The van der Waals surface area contributed by atoms with Gasteiger partial charge in [0, 0.05) is 4.08 Å². The minimum atomic E-state index is -5.10. The molecule has 0 fully saturated rings. The number of hydrogen-bond acceptors (Lipinski definition) is 5. The Morgan fingerprint density at radius 2 is 2.00 bits per heavy atom. The van der Waals surface area contributed by atoms with Crippen LogP contribution in [0.2, 0.25) is 0 Å². The van der Waals surface area contributed by atoms with Gasteiger partial charge in [-0.05, 0) is 4.57 Å². The summed E-state index contributed by atoms with van der Waals surface area (Å²) in [6.45, 7) is 0. The molecule has 0 spiro atoms. The van der Waals surface area contributed by atoms with E-state index in [1.165, 1.54) is 0 Å². The first kappa shape index (κ1) is 10.2. The predicted molar refractivity (Wildman–Crippen MR) is 30.6 cm³/mol. The van der Waals surface area contributed by atoms with Crippen LogP contribution in [0.3, 0.4) is 0 Å². The second-order valence-electron chi connectivity index (χ2n) is 1.30. The van der Waals surface area contributed by atoms with Gasteiger partial charge in [-0.2, -0.15) is 8.42 Å². The number of nitrogens with zero attached hydrogens (tertiary/aromatic N) is 1. The van der Waals surface area contributed by atoms with Gasteiger partial charge in [-0.15, -0.1) is 0 Å². The first-order valence-corrected chi connectivity index (χ1v) is 4.51. The lowest BCUT2D eigenvalue weighted by molar-refractivity contribution is -0.170. The standard InChI is InChI=1S/CH3N2O6PS/c2-1(4)3(10(5)6)11(7,8)9/h(H2,2,4)(H,7,8,9). The molecule has 0 aliphatic rings. The first-order chi connectivity index (χ1) is 4.76. The van der Waals surface area contributed by atoms with Gasteiger partial charge >= 0.3 is 24.5 Å². The average Bonchev–Trinajstić information content (AvgIpc) is 1.54. The molecule has 1 atom stereocenters. The number of carbonyl (C=O) groups is 1. The summed E-state index contributed by atoms with van der Waals surface area (Å²) in [5, 5.41) is 0. The summed E-state index contributed by atoms with van der Waals surface area (Å²) in [5.74, 6) is 0. The van der Waals surface area contributed by atoms with E-state index < -0.39 is 28.6 Å². The minimum Gasteiger partial charge on any atom is -0.572 e. The fourth-order valence-corrected chi connectivity index (χ4v) is 1.34. The van der Waals surface area contributed by atoms with Gasteiger partial charge in [0.1, 0.15) is 0 Å². The van der Waals surface area contributed by atoms with E-state index in [1.54, 1.807) is 0 Å². The molecular weight excluding hydrogens is 199 g/mol. The normalized spacial score (nSPS) is 12.4. The monoisotopic (exact) mass is 202 g/mol. The number of rotatable bonds is 2. The zero-order chi connectivity index (χ0) is 9.23. The zero-order valence-corrected chi connectivity index (χ0v) is 6.58. The number of nitrogens with two attached hydrogens (primary N) is 1. The summed E-state index contributed by atoms with van der Waals surface area (Å²) < 4.78 is 37.1. The smallest absolute Gasteiger partial charge is 0.461 e. The van der Waals surface area contributed by atoms with Gasteiger partial charge in [-0.1, -0.05) is 0 Å². The molecule has 0 radical (unpaired) electrons. The lowest BCUT2D eigenvalue weighted by atomic mass is 11.2. The zero-order valence-electron chi connectivity index (χ0n) is 4.87.